The average molecular weight is 378 g/mol. The van der Waals surface area contributed by atoms with Gasteiger partial charge in [0.1, 0.15) is 0 Å². The minimum absolute atomic E-state index is 0.0218. The second kappa shape index (κ2) is 9.17. The van der Waals surface area contributed by atoms with Gasteiger partial charge in [0.2, 0.25) is 10.0 Å². The fourth-order valence-corrected chi connectivity index (χ4v) is 4.13. The normalized spacial score (nSPS) is 19.5. The third-order valence-corrected chi connectivity index (χ3v) is 5.86. The molecule has 1 fully saturated rings. The summed E-state index contributed by atoms with van der Waals surface area (Å²) in [5.41, 5.74) is 0.430. The molecule has 1 aromatic rings. The Morgan fingerprint density at radius 1 is 1.38 bits per heavy atom. The van der Waals surface area contributed by atoms with Gasteiger partial charge in [0.15, 0.2) is 0 Å². The molecule has 6 nitrogen and oxygen atoms in total. The Bertz CT molecular complexity index is 753. The Kier molecular flexibility index (Phi) is 7.21. The number of piperidine rings is 1. The van der Waals surface area contributed by atoms with E-state index in [2.05, 4.69) is 27.8 Å². The molecule has 2 atom stereocenters. The highest BCUT2D eigenvalue weighted by Crippen LogP contribution is 2.15. The van der Waals surface area contributed by atoms with E-state index in [1.807, 2.05) is 6.92 Å². The van der Waals surface area contributed by atoms with E-state index in [4.69, 9.17) is 6.42 Å². The Morgan fingerprint density at radius 2 is 2.08 bits per heavy atom. The number of benzene rings is 1. The molecule has 0 aliphatic carbocycles. The quantitative estimate of drug-likeness (QED) is 0.705. The molecule has 0 aromatic heterocycles. The summed E-state index contributed by atoms with van der Waals surface area (Å²) in [6.45, 7) is 7.12. The zero-order valence-electron chi connectivity index (χ0n) is 15.4. The molecule has 0 spiro atoms. The molecule has 0 bridgehead atoms. The summed E-state index contributed by atoms with van der Waals surface area (Å²) in [4.78, 5) is 14.8. The van der Waals surface area contributed by atoms with E-state index in [1.165, 1.54) is 37.1 Å². The van der Waals surface area contributed by atoms with Crippen LogP contribution in [0.5, 0.6) is 0 Å². The van der Waals surface area contributed by atoms with Gasteiger partial charge in [-0.15, -0.1) is 6.42 Å². The van der Waals surface area contributed by atoms with Crippen molar-refractivity contribution in [3.05, 3.63) is 29.8 Å². The van der Waals surface area contributed by atoms with Gasteiger partial charge in [-0.2, -0.15) is 4.72 Å². The molecule has 0 unspecified atom stereocenters. The first kappa shape index (κ1) is 20.4. The summed E-state index contributed by atoms with van der Waals surface area (Å²) in [5, 5.41) is 2.98. The Balaban J connectivity index is 1.92. The third-order valence-electron chi connectivity index (χ3n) is 4.44. The maximum absolute atomic E-state index is 12.4. The molecule has 1 aromatic carbocycles. The summed E-state index contributed by atoms with van der Waals surface area (Å²) >= 11 is 0. The zero-order valence-corrected chi connectivity index (χ0v) is 16.2. The highest BCUT2D eigenvalue weighted by molar-refractivity contribution is 7.89. The van der Waals surface area contributed by atoms with Crippen LogP contribution in [0.15, 0.2) is 29.2 Å². The van der Waals surface area contributed by atoms with Gasteiger partial charge < -0.3 is 10.2 Å². The molecule has 7 heteroatoms. The van der Waals surface area contributed by atoms with Gasteiger partial charge in [0.05, 0.1) is 11.4 Å². The van der Waals surface area contributed by atoms with Crippen LogP contribution in [0.2, 0.25) is 0 Å². The Labute approximate surface area is 156 Å². The number of carbonyl (C=O) groups excluding carboxylic acids is 1. The van der Waals surface area contributed by atoms with Crippen molar-refractivity contribution in [3.8, 4) is 12.3 Å². The number of hydrogen-bond donors (Lipinski definition) is 2. The van der Waals surface area contributed by atoms with E-state index < -0.39 is 10.0 Å². The maximum atomic E-state index is 12.4. The molecular formula is C19H27N3O3S. The molecular weight excluding hydrogens is 350 g/mol. The van der Waals surface area contributed by atoms with Crippen LogP contribution < -0.4 is 10.0 Å². The van der Waals surface area contributed by atoms with Crippen molar-refractivity contribution in [2.75, 3.05) is 26.2 Å². The number of rotatable bonds is 7. The number of nitrogens with one attached hydrogen (secondary N) is 2. The molecule has 26 heavy (non-hydrogen) atoms. The van der Waals surface area contributed by atoms with Crippen molar-refractivity contribution < 1.29 is 13.2 Å². The lowest BCUT2D eigenvalue weighted by molar-refractivity contribution is 0.0920. The van der Waals surface area contributed by atoms with Crippen LogP contribution in [0.3, 0.4) is 0 Å². The van der Waals surface area contributed by atoms with Crippen LogP contribution in [0.25, 0.3) is 0 Å². The predicted octanol–water partition coefficient (Wildman–Crippen LogP) is 1.45. The van der Waals surface area contributed by atoms with Gasteiger partial charge in [-0.3, -0.25) is 4.79 Å². The van der Waals surface area contributed by atoms with Crippen molar-refractivity contribution in [3.63, 3.8) is 0 Å². The van der Waals surface area contributed by atoms with Crippen LogP contribution in [0.4, 0.5) is 0 Å². The lowest BCUT2D eigenvalue weighted by Gasteiger charge is -2.32. The largest absolute Gasteiger partial charge is 0.348 e. The van der Waals surface area contributed by atoms with E-state index >= 15 is 0 Å². The lowest BCUT2D eigenvalue weighted by atomic mass is 10.00. The number of terminal acetylenes is 1. The van der Waals surface area contributed by atoms with Crippen molar-refractivity contribution in [1.82, 2.24) is 14.9 Å². The molecule has 1 amide bonds. The first-order valence-electron chi connectivity index (χ1n) is 8.88. The predicted molar refractivity (Wildman–Crippen MR) is 102 cm³/mol. The number of sulfonamides is 1. The molecule has 2 N–H and O–H groups in total. The second-order valence-electron chi connectivity index (χ2n) is 6.93. The minimum Gasteiger partial charge on any atom is -0.348 e. The summed E-state index contributed by atoms with van der Waals surface area (Å²) in [5.74, 6) is 2.72. The van der Waals surface area contributed by atoms with Crippen LogP contribution in [0.1, 0.15) is 37.0 Å². The fraction of sp³-hybridized carbons (Fsp3) is 0.526. The first-order valence-corrected chi connectivity index (χ1v) is 10.4. The second-order valence-corrected chi connectivity index (χ2v) is 8.70. The highest BCUT2D eigenvalue weighted by atomic mass is 32.2. The molecule has 0 saturated carbocycles. The van der Waals surface area contributed by atoms with Crippen molar-refractivity contribution >= 4 is 15.9 Å². The topological polar surface area (TPSA) is 78.5 Å². The maximum Gasteiger partial charge on any atom is 0.251 e. The van der Waals surface area contributed by atoms with Gasteiger partial charge in [0.25, 0.3) is 5.91 Å². The molecule has 0 radical (unpaired) electrons. The van der Waals surface area contributed by atoms with E-state index in [0.717, 1.165) is 19.6 Å². The van der Waals surface area contributed by atoms with Crippen molar-refractivity contribution in [1.29, 1.82) is 0 Å². The summed E-state index contributed by atoms with van der Waals surface area (Å²) in [6, 6.07) is 5.86. The highest BCUT2D eigenvalue weighted by Gasteiger charge is 2.19. The Hall–Kier alpha value is -1.88. The van der Waals surface area contributed by atoms with Crippen LogP contribution >= 0.6 is 0 Å². The van der Waals surface area contributed by atoms with Crippen molar-refractivity contribution in [2.24, 2.45) is 5.92 Å². The number of nitrogens with zero attached hydrogens (tertiary/aromatic N) is 1. The number of carbonyl (C=O) groups is 1. The van der Waals surface area contributed by atoms with Crippen LogP contribution in [-0.2, 0) is 10.0 Å². The van der Waals surface area contributed by atoms with Gasteiger partial charge in [-0.1, -0.05) is 12.8 Å². The molecule has 1 aliphatic rings. The van der Waals surface area contributed by atoms with Gasteiger partial charge >= 0.3 is 0 Å². The third kappa shape index (κ3) is 5.84. The van der Waals surface area contributed by atoms with Gasteiger partial charge in [-0.05, 0) is 56.5 Å². The first-order chi connectivity index (χ1) is 12.3. The SMILES string of the molecule is C#CCNS(=O)(=O)c1ccc(C(=O)N[C@H](C)CN2CCC[C@@H](C)C2)cc1. The smallest absolute Gasteiger partial charge is 0.251 e. The summed E-state index contributed by atoms with van der Waals surface area (Å²) < 4.78 is 26.3. The molecule has 2 rings (SSSR count). The number of likely N-dealkylation sites (tertiary alicyclic amines) is 1. The zero-order chi connectivity index (χ0) is 19.2. The van der Waals surface area contributed by atoms with E-state index in [0.29, 0.717) is 11.5 Å². The molecule has 1 saturated heterocycles. The molecule has 142 valence electrons. The minimum atomic E-state index is -3.64. The van der Waals surface area contributed by atoms with Crippen molar-refractivity contribution in [2.45, 2.75) is 37.6 Å². The van der Waals surface area contributed by atoms with Crippen LogP contribution in [0, 0.1) is 18.3 Å². The summed E-state index contributed by atoms with van der Waals surface area (Å²) in [7, 11) is -3.64. The van der Waals surface area contributed by atoms with E-state index in [1.54, 1.807) is 0 Å². The van der Waals surface area contributed by atoms with Gasteiger partial charge in [0, 0.05) is 24.7 Å². The average Bonchev–Trinajstić information content (AvgIpc) is 2.60. The van der Waals surface area contributed by atoms with Gasteiger partial charge in [-0.25, -0.2) is 8.42 Å². The van der Waals surface area contributed by atoms with E-state index in [-0.39, 0.29) is 23.4 Å². The summed E-state index contributed by atoms with van der Waals surface area (Å²) in [6.07, 6.45) is 7.53. The lowest BCUT2D eigenvalue weighted by Crippen LogP contribution is -2.45. The standard InChI is InChI=1S/C19H27N3O3S/c1-4-11-20-26(24,25)18-9-7-17(8-10-18)19(23)21-16(3)14-22-12-5-6-15(2)13-22/h1,7-10,15-16,20H,5-6,11-14H2,2-3H3,(H,21,23)/t15-,16-/m1/s1. The fourth-order valence-electron chi connectivity index (χ4n) is 3.20. The number of hydrogen-bond acceptors (Lipinski definition) is 4. The van der Waals surface area contributed by atoms with E-state index in [9.17, 15) is 13.2 Å². The Morgan fingerprint density at radius 3 is 2.69 bits per heavy atom. The molecule has 1 heterocycles. The monoisotopic (exact) mass is 377 g/mol. The molecule has 1 aliphatic heterocycles. The van der Waals surface area contributed by atoms with Crippen LogP contribution in [-0.4, -0.2) is 51.4 Å². The number of amides is 1.